The smallest absolute Gasteiger partial charge is 0.254 e. The average molecular weight is 360 g/mol. The number of amides is 1. The van der Waals surface area contributed by atoms with Gasteiger partial charge in [0.2, 0.25) is 0 Å². The van der Waals surface area contributed by atoms with Crippen LogP contribution in [0, 0.1) is 11.7 Å². The van der Waals surface area contributed by atoms with Crippen LogP contribution in [-0.2, 0) is 4.79 Å². The molecule has 0 atom stereocenters. The van der Waals surface area contributed by atoms with Gasteiger partial charge >= 0.3 is 0 Å². The zero-order valence-electron chi connectivity index (χ0n) is 15.6. The second-order valence-corrected chi connectivity index (χ2v) is 7.36. The van der Waals surface area contributed by atoms with E-state index in [9.17, 15) is 9.18 Å². The number of anilines is 1. The fraction of sp³-hybridized carbons (Fsp3) is 0.600. The van der Waals surface area contributed by atoms with E-state index in [1.807, 2.05) is 6.92 Å². The van der Waals surface area contributed by atoms with Crippen molar-refractivity contribution in [3.8, 4) is 0 Å². The quantitative estimate of drug-likeness (QED) is 0.649. The molecule has 1 aromatic rings. The van der Waals surface area contributed by atoms with E-state index < -0.39 is 0 Å². The van der Waals surface area contributed by atoms with Gasteiger partial charge in [-0.15, -0.1) is 0 Å². The molecule has 1 amide bonds. The molecule has 142 valence electrons. The van der Waals surface area contributed by atoms with E-state index in [2.05, 4.69) is 20.3 Å². The maximum atomic E-state index is 13.0. The SMILES string of the molecule is C/C(=N/NC(=O)CN1CCN(c2ccc(F)cc2)CC1)C1CCCCC1. The average Bonchev–Trinajstić information content (AvgIpc) is 2.68. The molecule has 6 heteroatoms. The Morgan fingerprint density at radius 3 is 2.42 bits per heavy atom. The Morgan fingerprint density at radius 1 is 1.12 bits per heavy atom. The predicted octanol–water partition coefficient (Wildman–Crippen LogP) is 3.02. The van der Waals surface area contributed by atoms with Crippen LogP contribution in [0.1, 0.15) is 39.0 Å². The highest BCUT2D eigenvalue weighted by molar-refractivity contribution is 5.86. The van der Waals surface area contributed by atoms with Crippen LogP contribution in [0.15, 0.2) is 29.4 Å². The van der Waals surface area contributed by atoms with E-state index in [1.165, 1.54) is 44.2 Å². The molecule has 5 nitrogen and oxygen atoms in total. The summed E-state index contributed by atoms with van der Waals surface area (Å²) in [6.45, 7) is 5.70. The second kappa shape index (κ2) is 9.12. The van der Waals surface area contributed by atoms with Gasteiger partial charge in [-0.2, -0.15) is 5.10 Å². The number of hydrazone groups is 1. The molecule has 1 saturated carbocycles. The number of rotatable bonds is 5. The van der Waals surface area contributed by atoms with E-state index in [4.69, 9.17) is 0 Å². The third kappa shape index (κ3) is 5.27. The van der Waals surface area contributed by atoms with E-state index in [0.29, 0.717) is 12.5 Å². The normalized spacial score (nSPS) is 20.2. The molecule has 0 unspecified atom stereocenters. The Labute approximate surface area is 155 Å². The zero-order valence-corrected chi connectivity index (χ0v) is 15.6. The lowest BCUT2D eigenvalue weighted by Gasteiger charge is -2.35. The molecule has 1 aliphatic heterocycles. The number of nitrogens with zero attached hydrogens (tertiary/aromatic N) is 3. The summed E-state index contributed by atoms with van der Waals surface area (Å²) in [7, 11) is 0. The van der Waals surface area contributed by atoms with Crippen molar-refractivity contribution in [3.05, 3.63) is 30.1 Å². The van der Waals surface area contributed by atoms with Crippen molar-refractivity contribution in [2.24, 2.45) is 11.0 Å². The summed E-state index contributed by atoms with van der Waals surface area (Å²) in [6.07, 6.45) is 6.24. The summed E-state index contributed by atoms with van der Waals surface area (Å²) < 4.78 is 13.0. The van der Waals surface area contributed by atoms with E-state index in [-0.39, 0.29) is 11.7 Å². The van der Waals surface area contributed by atoms with Crippen molar-refractivity contribution in [2.75, 3.05) is 37.6 Å². The van der Waals surface area contributed by atoms with E-state index in [1.54, 1.807) is 12.1 Å². The van der Waals surface area contributed by atoms with Crippen LogP contribution in [0.25, 0.3) is 0 Å². The number of hydrogen-bond acceptors (Lipinski definition) is 4. The molecule has 26 heavy (non-hydrogen) atoms. The van der Waals surface area contributed by atoms with Crippen molar-refractivity contribution < 1.29 is 9.18 Å². The largest absolute Gasteiger partial charge is 0.369 e. The second-order valence-electron chi connectivity index (χ2n) is 7.36. The number of hydrogen-bond donors (Lipinski definition) is 1. The van der Waals surface area contributed by atoms with Crippen LogP contribution in [-0.4, -0.2) is 49.2 Å². The van der Waals surface area contributed by atoms with Crippen molar-refractivity contribution in [1.82, 2.24) is 10.3 Å². The van der Waals surface area contributed by atoms with Gasteiger partial charge in [0.1, 0.15) is 5.82 Å². The fourth-order valence-electron chi connectivity index (χ4n) is 3.82. The van der Waals surface area contributed by atoms with Crippen LogP contribution in [0.5, 0.6) is 0 Å². The minimum Gasteiger partial charge on any atom is -0.369 e. The van der Waals surface area contributed by atoms with Gasteiger partial charge < -0.3 is 4.90 Å². The third-order valence-corrected chi connectivity index (χ3v) is 5.48. The maximum absolute atomic E-state index is 13.0. The lowest BCUT2D eigenvalue weighted by molar-refractivity contribution is -0.122. The Hall–Kier alpha value is -1.95. The van der Waals surface area contributed by atoms with Gasteiger partial charge in [-0.05, 0) is 49.9 Å². The van der Waals surface area contributed by atoms with Gasteiger partial charge in [0, 0.05) is 37.6 Å². The molecular weight excluding hydrogens is 331 g/mol. The Kier molecular flexibility index (Phi) is 6.61. The van der Waals surface area contributed by atoms with Gasteiger partial charge in [-0.25, -0.2) is 9.82 Å². The van der Waals surface area contributed by atoms with Crippen LogP contribution < -0.4 is 10.3 Å². The summed E-state index contributed by atoms with van der Waals surface area (Å²) in [6, 6.07) is 6.59. The molecule has 2 aliphatic rings. The van der Waals surface area contributed by atoms with E-state index in [0.717, 1.165) is 37.6 Å². The topological polar surface area (TPSA) is 47.9 Å². The van der Waals surface area contributed by atoms with Crippen LogP contribution in [0.4, 0.5) is 10.1 Å². The Balaban J connectivity index is 1.41. The van der Waals surface area contributed by atoms with E-state index >= 15 is 0 Å². The first-order chi connectivity index (χ1) is 12.6. The number of carbonyl (C=O) groups excluding carboxylic acids is 1. The number of carbonyl (C=O) groups is 1. The molecule has 0 radical (unpaired) electrons. The highest BCUT2D eigenvalue weighted by Crippen LogP contribution is 2.24. The van der Waals surface area contributed by atoms with Gasteiger partial charge in [-0.1, -0.05) is 19.3 Å². The zero-order chi connectivity index (χ0) is 18.4. The molecule has 2 fully saturated rings. The minimum absolute atomic E-state index is 0.0459. The van der Waals surface area contributed by atoms with Crippen LogP contribution >= 0.6 is 0 Å². The lowest BCUT2D eigenvalue weighted by atomic mass is 9.86. The maximum Gasteiger partial charge on any atom is 0.254 e. The van der Waals surface area contributed by atoms with Crippen molar-refractivity contribution in [2.45, 2.75) is 39.0 Å². The third-order valence-electron chi connectivity index (χ3n) is 5.48. The van der Waals surface area contributed by atoms with Gasteiger partial charge in [0.15, 0.2) is 0 Å². The van der Waals surface area contributed by atoms with Crippen molar-refractivity contribution >= 4 is 17.3 Å². The molecular formula is C20H29FN4O. The first-order valence-corrected chi connectivity index (χ1v) is 9.68. The van der Waals surface area contributed by atoms with Crippen LogP contribution in [0.2, 0.25) is 0 Å². The Morgan fingerprint density at radius 2 is 1.77 bits per heavy atom. The number of nitrogens with one attached hydrogen (secondary N) is 1. The monoisotopic (exact) mass is 360 g/mol. The Bertz CT molecular complexity index is 617. The predicted molar refractivity (Wildman–Crippen MR) is 103 cm³/mol. The molecule has 0 aromatic heterocycles. The molecule has 1 N–H and O–H groups in total. The van der Waals surface area contributed by atoms with Crippen molar-refractivity contribution in [3.63, 3.8) is 0 Å². The molecule has 1 saturated heterocycles. The highest BCUT2D eigenvalue weighted by atomic mass is 19.1. The molecule has 1 aliphatic carbocycles. The van der Waals surface area contributed by atoms with Crippen molar-refractivity contribution in [1.29, 1.82) is 0 Å². The molecule has 0 bridgehead atoms. The minimum atomic E-state index is -0.215. The van der Waals surface area contributed by atoms with Gasteiger partial charge in [0.25, 0.3) is 5.91 Å². The molecule has 3 rings (SSSR count). The summed E-state index contributed by atoms with van der Waals surface area (Å²) >= 11 is 0. The lowest BCUT2D eigenvalue weighted by Crippen LogP contribution is -2.49. The molecule has 0 spiro atoms. The van der Waals surface area contributed by atoms with Gasteiger partial charge in [0.05, 0.1) is 6.54 Å². The summed E-state index contributed by atoms with van der Waals surface area (Å²) in [5.41, 5.74) is 4.81. The molecule has 1 aromatic carbocycles. The summed E-state index contributed by atoms with van der Waals surface area (Å²) in [5, 5.41) is 4.33. The summed E-state index contributed by atoms with van der Waals surface area (Å²) in [4.78, 5) is 16.5. The van der Waals surface area contributed by atoms with Crippen LogP contribution in [0.3, 0.4) is 0 Å². The number of benzene rings is 1. The highest BCUT2D eigenvalue weighted by Gasteiger charge is 2.20. The number of piperazine rings is 1. The summed E-state index contributed by atoms with van der Waals surface area (Å²) in [5.74, 6) is 0.270. The number of halogens is 1. The first kappa shape index (κ1) is 18.8. The van der Waals surface area contributed by atoms with Gasteiger partial charge in [-0.3, -0.25) is 9.69 Å². The fourth-order valence-corrected chi connectivity index (χ4v) is 3.82. The molecule has 1 heterocycles. The first-order valence-electron chi connectivity index (χ1n) is 9.68. The standard InChI is InChI=1S/C20H29FN4O/c1-16(17-5-3-2-4-6-17)22-23-20(26)15-24-11-13-25(14-12-24)19-9-7-18(21)8-10-19/h7-10,17H,2-6,11-15H2,1H3,(H,23,26)/b22-16-.